The lowest BCUT2D eigenvalue weighted by atomic mass is 10.2. The van der Waals surface area contributed by atoms with Gasteiger partial charge in [-0.05, 0) is 19.1 Å². The molecular formula is C11H14O4. The third-order valence-corrected chi connectivity index (χ3v) is 1.77. The van der Waals surface area contributed by atoms with Gasteiger partial charge < -0.3 is 14.6 Å². The van der Waals surface area contributed by atoms with E-state index >= 15 is 0 Å². The zero-order valence-electron chi connectivity index (χ0n) is 8.60. The number of aliphatic hydroxyl groups excluding tert-OH is 1. The first-order valence-corrected chi connectivity index (χ1v) is 4.77. The molecule has 0 aliphatic heterocycles. The number of hydrogen-bond acceptors (Lipinski definition) is 4. The van der Waals surface area contributed by atoms with Gasteiger partial charge in [-0.2, -0.15) is 0 Å². The van der Waals surface area contributed by atoms with Crippen LogP contribution in [0.15, 0.2) is 18.2 Å². The first-order valence-electron chi connectivity index (χ1n) is 4.77. The molecule has 0 fully saturated rings. The van der Waals surface area contributed by atoms with Crippen LogP contribution in [0.3, 0.4) is 0 Å². The number of hydrogen-bond donors (Lipinski definition) is 1. The van der Waals surface area contributed by atoms with Gasteiger partial charge in [0.1, 0.15) is 18.1 Å². The molecule has 0 radical (unpaired) electrons. The Bertz CT molecular complexity index is 322. The molecule has 0 atom stereocenters. The summed E-state index contributed by atoms with van der Waals surface area (Å²) in [4.78, 5) is 10.7. The molecule has 0 unspecified atom stereocenters. The second-order valence-electron chi connectivity index (χ2n) is 2.82. The van der Waals surface area contributed by atoms with E-state index < -0.39 is 0 Å². The molecule has 0 spiro atoms. The number of aldehydes is 1. The number of rotatable bonds is 6. The van der Waals surface area contributed by atoms with Crippen LogP contribution in [0, 0.1) is 0 Å². The van der Waals surface area contributed by atoms with Gasteiger partial charge in [0.2, 0.25) is 0 Å². The Morgan fingerprint density at radius 2 is 2.20 bits per heavy atom. The van der Waals surface area contributed by atoms with E-state index in [0.29, 0.717) is 30.0 Å². The summed E-state index contributed by atoms with van der Waals surface area (Å²) in [5.74, 6) is 1.08. The zero-order valence-corrected chi connectivity index (χ0v) is 8.60. The molecule has 0 amide bonds. The van der Waals surface area contributed by atoms with Crippen LogP contribution in [0.4, 0.5) is 0 Å². The standard InChI is InChI=1S/C11H14O4/c1-2-14-10-4-3-9(8-13)11(7-10)15-6-5-12/h3-4,7-8,12H,2,5-6H2,1H3. The van der Waals surface area contributed by atoms with E-state index in [4.69, 9.17) is 14.6 Å². The Morgan fingerprint density at radius 1 is 1.40 bits per heavy atom. The fraction of sp³-hybridized carbons (Fsp3) is 0.364. The molecule has 0 saturated carbocycles. The van der Waals surface area contributed by atoms with Crippen molar-refractivity contribution < 1.29 is 19.4 Å². The van der Waals surface area contributed by atoms with Gasteiger partial charge in [0.05, 0.1) is 18.8 Å². The van der Waals surface area contributed by atoms with Crippen LogP contribution in [-0.4, -0.2) is 31.2 Å². The third-order valence-electron chi connectivity index (χ3n) is 1.77. The molecule has 1 rings (SSSR count). The molecule has 4 heteroatoms. The Hall–Kier alpha value is -1.55. The topological polar surface area (TPSA) is 55.8 Å². The average Bonchev–Trinajstić information content (AvgIpc) is 2.27. The number of aliphatic hydroxyl groups is 1. The average molecular weight is 210 g/mol. The van der Waals surface area contributed by atoms with E-state index in [1.54, 1.807) is 18.2 Å². The Morgan fingerprint density at radius 3 is 2.80 bits per heavy atom. The van der Waals surface area contributed by atoms with Crippen molar-refractivity contribution in [1.82, 2.24) is 0 Å². The van der Waals surface area contributed by atoms with Crippen molar-refractivity contribution >= 4 is 6.29 Å². The summed E-state index contributed by atoms with van der Waals surface area (Å²) in [7, 11) is 0. The summed E-state index contributed by atoms with van der Waals surface area (Å²) in [6, 6.07) is 4.98. The van der Waals surface area contributed by atoms with Crippen LogP contribution in [0.5, 0.6) is 11.5 Å². The minimum Gasteiger partial charge on any atom is -0.494 e. The maximum Gasteiger partial charge on any atom is 0.153 e. The van der Waals surface area contributed by atoms with Crippen LogP contribution in [0.25, 0.3) is 0 Å². The summed E-state index contributed by atoms with van der Waals surface area (Å²) in [5, 5.41) is 8.62. The lowest BCUT2D eigenvalue weighted by Crippen LogP contribution is -2.04. The van der Waals surface area contributed by atoms with Crippen molar-refractivity contribution in [3.05, 3.63) is 23.8 Å². The molecule has 0 bridgehead atoms. The molecule has 0 aliphatic rings. The highest BCUT2D eigenvalue weighted by Crippen LogP contribution is 2.23. The van der Waals surface area contributed by atoms with E-state index in [1.165, 1.54) is 0 Å². The van der Waals surface area contributed by atoms with Gasteiger partial charge in [-0.1, -0.05) is 0 Å². The predicted molar refractivity (Wildman–Crippen MR) is 55.6 cm³/mol. The molecular weight excluding hydrogens is 196 g/mol. The highest BCUT2D eigenvalue weighted by atomic mass is 16.5. The second-order valence-corrected chi connectivity index (χ2v) is 2.82. The highest BCUT2D eigenvalue weighted by Gasteiger charge is 2.04. The van der Waals surface area contributed by atoms with Crippen LogP contribution in [-0.2, 0) is 0 Å². The number of carbonyl (C=O) groups is 1. The van der Waals surface area contributed by atoms with Gasteiger partial charge >= 0.3 is 0 Å². The molecule has 82 valence electrons. The summed E-state index contributed by atoms with van der Waals surface area (Å²) in [6.07, 6.45) is 0.711. The second kappa shape index (κ2) is 6.03. The van der Waals surface area contributed by atoms with Crippen molar-refractivity contribution in [2.24, 2.45) is 0 Å². The Kier molecular flexibility index (Phi) is 4.63. The quantitative estimate of drug-likeness (QED) is 0.718. The van der Waals surface area contributed by atoms with Crippen LogP contribution >= 0.6 is 0 Å². The first kappa shape index (κ1) is 11.5. The van der Waals surface area contributed by atoms with E-state index in [9.17, 15) is 4.79 Å². The normalized spacial score (nSPS) is 9.73. The minimum atomic E-state index is -0.0862. The van der Waals surface area contributed by atoms with Crippen LogP contribution in [0.2, 0.25) is 0 Å². The fourth-order valence-corrected chi connectivity index (χ4v) is 1.15. The molecule has 15 heavy (non-hydrogen) atoms. The smallest absolute Gasteiger partial charge is 0.153 e. The molecule has 0 aromatic heterocycles. The number of carbonyl (C=O) groups excluding carboxylic acids is 1. The Labute approximate surface area is 88.4 Å². The molecule has 0 aliphatic carbocycles. The monoisotopic (exact) mass is 210 g/mol. The van der Waals surface area contributed by atoms with E-state index in [-0.39, 0.29) is 13.2 Å². The summed E-state index contributed by atoms with van der Waals surface area (Å²) >= 11 is 0. The number of benzene rings is 1. The maximum absolute atomic E-state index is 10.7. The van der Waals surface area contributed by atoms with Gasteiger partial charge in [0.15, 0.2) is 6.29 Å². The lowest BCUT2D eigenvalue weighted by Gasteiger charge is -2.09. The first-order chi connectivity index (χ1) is 7.31. The molecule has 0 saturated heterocycles. The number of ether oxygens (including phenoxy) is 2. The van der Waals surface area contributed by atoms with Gasteiger partial charge in [0.25, 0.3) is 0 Å². The molecule has 1 aromatic rings. The van der Waals surface area contributed by atoms with Gasteiger partial charge in [-0.25, -0.2) is 0 Å². The van der Waals surface area contributed by atoms with Crippen LogP contribution < -0.4 is 9.47 Å². The highest BCUT2D eigenvalue weighted by molar-refractivity contribution is 5.79. The summed E-state index contributed by atoms with van der Waals surface area (Å²) in [6.45, 7) is 2.51. The van der Waals surface area contributed by atoms with Crippen molar-refractivity contribution in [3.8, 4) is 11.5 Å². The maximum atomic E-state index is 10.7. The largest absolute Gasteiger partial charge is 0.494 e. The molecule has 1 N–H and O–H groups in total. The van der Waals surface area contributed by atoms with Crippen molar-refractivity contribution in [1.29, 1.82) is 0 Å². The van der Waals surface area contributed by atoms with Crippen LogP contribution in [0.1, 0.15) is 17.3 Å². The van der Waals surface area contributed by atoms with Crippen molar-refractivity contribution in [2.45, 2.75) is 6.92 Å². The van der Waals surface area contributed by atoms with Gasteiger partial charge in [-0.3, -0.25) is 4.79 Å². The zero-order chi connectivity index (χ0) is 11.1. The molecule has 4 nitrogen and oxygen atoms in total. The summed E-state index contributed by atoms with van der Waals surface area (Å²) < 4.78 is 10.5. The van der Waals surface area contributed by atoms with Gasteiger partial charge in [0, 0.05) is 6.07 Å². The van der Waals surface area contributed by atoms with Gasteiger partial charge in [-0.15, -0.1) is 0 Å². The van der Waals surface area contributed by atoms with E-state index in [1.807, 2.05) is 6.92 Å². The minimum absolute atomic E-state index is 0.0862. The fourth-order valence-electron chi connectivity index (χ4n) is 1.15. The van der Waals surface area contributed by atoms with Crippen molar-refractivity contribution in [3.63, 3.8) is 0 Å². The lowest BCUT2D eigenvalue weighted by molar-refractivity contribution is 0.111. The van der Waals surface area contributed by atoms with E-state index in [0.717, 1.165) is 0 Å². The third kappa shape index (κ3) is 3.25. The Balaban J connectivity index is 2.86. The molecule has 1 aromatic carbocycles. The summed E-state index contributed by atoms with van der Waals surface area (Å²) in [5.41, 5.74) is 0.451. The van der Waals surface area contributed by atoms with Crippen molar-refractivity contribution in [2.75, 3.05) is 19.8 Å². The predicted octanol–water partition coefficient (Wildman–Crippen LogP) is 1.27. The molecule has 0 heterocycles. The van der Waals surface area contributed by atoms with E-state index in [2.05, 4.69) is 0 Å². The SMILES string of the molecule is CCOc1ccc(C=O)c(OCCO)c1.